The zero-order valence-electron chi connectivity index (χ0n) is 11.6. The van der Waals surface area contributed by atoms with Crippen LogP contribution in [-0.4, -0.2) is 8.42 Å². The molecule has 0 aromatic heterocycles. The molecule has 0 atom stereocenters. The van der Waals surface area contributed by atoms with E-state index in [1.165, 1.54) is 0 Å². The molecule has 0 unspecified atom stereocenters. The summed E-state index contributed by atoms with van der Waals surface area (Å²) in [5.41, 5.74) is 9.00. The number of rotatable bonds is 4. The van der Waals surface area contributed by atoms with Gasteiger partial charge in [0.2, 0.25) is 0 Å². The van der Waals surface area contributed by atoms with E-state index in [2.05, 4.69) is 4.72 Å². The Balaban J connectivity index is 2.30. The number of hydrogen-bond donors (Lipinski definition) is 2. The van der Waals surface area contributed by atoms with Crippen molar-refractivity contribution in [1.82, 2.24) is 0 Å². The number of sulfonamides is 1. The van der Waals surface area contributed by atoms with Crippen LogP contribution in [0.4, 0.5) is 5.69 Å². The summed E-state index contributed by atoms with van der Waals surface area (Å²) in [5.74, 6) is 0. The largest absolute Gasteiger partial charge is 0.326 e. The Morgan fingerprint density at radius 3 is 2.05 bits per heavy atom. The smallest absolute Gasteiger partial charge is 0.261 e. The molecule has 4 nitrogen and oxygen atoms in total. The van der Waals surface area contributed by atoms with Gasteiger partial charge in [-0.3, -0.25) is 4.72 Å². The van der Waals surface area contributed by atoms with Gasteiger partial charge in [0.15, 0.2) is 0 Å². The van der Waals surface area contributed by atoms with Gasteiger partial charge < -0.3 is 5.73 Å². The van der Waals surface area contributed by atoms with Crippen LogP contribution in [0.3, 0.4) is 0 Å². The monoisotopic (exact) mass is 290 g/mol. The van der Waals surface area contributed by atoms with Gasteiger partial charge in [-0.2, -0.15) is 0 Å². The molecule has 0 aliphatic heterocycles. The summed E-state index contributed by atoms with van der Waals surface area (Å²) >= 11 is 0. The van der Waals surface area contributed by atoms with E-state index in [9.17, 15) is 8.42 Å². The van der Waals surface area contributed by atoms with Crippen LogP contribution in [0.15, 0.2) is 47.4 Å². The van der Waals surface area contributed by atoms with Gasteiger partial charge in [0, 0.05) is 12.2 Å². The fourth-order valence-electron chi connectivity index (χ4n) is 2.05. The molecule has 20 heavy (non-hydrogen) atoms. The second-order valence-electron chi connectivity index (χ2n) is 4.83. The van der Waals surface area contributed by atoms with E-state index in [0.717, 1.165) is 16.7 Å². The average molecular weight is 290 g/mol. The van der Waals surface area contributed by atoms with E-state index in [-0.39, 0.29) is 4.90 Å². The van der Waals surface area contributed by atoms with Crippen LogP contribution >= 0.6 is 0 Å². The van der Waals surface area contributed by atoms with Crippen molar-refractivity contribution in [3.05, 3.63) is 59.2 Å². The van der Waals surface area contributed by atoms with Crippen molar-refractivity contribution in [2.24, 2.45) is 5.73 Å². The highest BCUT2D eigenvalue weighted by Gasteiger charge is 2.14. The minimum absolute atomic E-state index is 0.230. The first kappa shape index (κ1) is 14.6. The molecule has 2 rings (SSSR count). The first-order chi connectivity index (χ1) is 9.40. The molecule has 3 N–H and O–H groups in total. The number of anilines is 1. The molecule has 0 radical (unpaired) electrons. The van der Waals surface area contributed by atoms with Crippen molar-refractivity contribution in [2.75, 3.05) is 4.72 Å². The van der Waals surface area contributed by atoms with Gasteiger partial charge in [-0.05, 0) is 54.8 Å². The zero-order valence-corrected chi connectivity index (χ0v) is 12.4. The molecule has 0 aliphatic carbocycles. The highest BCUT2D eigenvalue weighted by molar-refractivity contribution is 7.92. The average Bonchev–Trinajstić information content (AvgIpc) is 2.37. The van der Waals surface area contributed by atoms with Crippen LogP contribution in [-0.2, 0) is 16.6 Å². The standard InChI is InChI=1S/C15H18N2O2S/c1-11-7-12(2)9-14(8-11)17-20(18,19)15-5-3-13(10-16)4-6-15/h3-9,17H,10,16H2,1-2H3. The third-order valence-corrected chi connectivity index (χ3v) is 4.34. The Kier molecular flexibility index (Phi) is 4.11. The third kappa shape index (κ3) is 3.37. The maximum Gasteiger partial charge on any atom is 0.261 e. The Morgan fingerprint density at radius 2 is 1.55 bits per heavy atom. The van der Waals surface area contributed by atoms with Gasteiger partial charge >= 0.3 is 0 Å². The van der Waals surface area contributed by atoms with Crippen LogP contribution in [0.2, 0.25) is 0 Å². The van der Waals surface area contributed by atoms with Crippen LogP contribution in [0, 0.1) is 13.8 Å². The van der Waals surface area contributed by atoms with E-state index in [0.29, 0.717) is 12.2 Å². The molecular weight excluding hydrogens is 272 g/mol. The van der Waals surface area contributed by atoms with Crippen molar-refractivity contribution in [1.29, 1.82) is 0 Å². The number of aryl methyl sites for hydroxylation is 2. The second-order valence-corrected chi connectivity index (χ2v) is 6.51. The summed E-state index contributed by atoms with van der Waals surface area (Å²) in [6, 6.07) is 12.2. The highest BCUT2D eigenvalue weighted by Crippen LogP contribution is 2.19. The van der Waals surface area contributed by atoms with Gasteiger partial charge in [0.05, 0.1) is 4.90 Å². The predicted octanol–water partition coefficient (Wildman–Crippen LogP) is 2.56. The summed E-state index contributed by atoms with van der Waals surface area (Å²) in [6.07, 6.45) is 0. The topological polar surface area (TPSA) is 72.2 Å². The van der Waals surface area contributed by atoms with E-state index >= 15 is 0 Å². The summed E-state index contributed by atoms with van der Waals surface area (Å²) < 4.78 is 27.2. The van der Waals surface area contributed by atoms with Crippen molar-refractivity contribution >= 4 is 15.7 Å². The predicted molar refractivity (Wildman–Crippen MR) is 81.1 cm³/mol. The molecule has 0 saturated heterocycles. The van der Waals surface area contributed by atoms with E-state index in [4.69, 9.17) is 5.73 Å². The number of nitrogens with two attached hydrogens (primary N) is 1. The minimum atomic E-state index is -3.56. The highest BCUT2D eigenvalue weighted by atomic mass is 32.2. The number of benzene rings is 2. The van der Waals surface area contributed by atoms with Crippen LogP contribution < -0.4 is 10.5 Å². The van der Waals surface area contributed by atoms with Gasteiger partial charge in [0.1, 0.15) is 0 Å². The molecule has 0 bridgehead atoms. The van der Waals surface area contributed by atoms with Gasteiger partial charge in [-0.15, -0.1) is 0 Å². The first-order valence-electron chi connectivity index (χ1n) is 6.31. The molecule has 2 aromatic rings. The molecule has 0 fully saturated rings. The molecule has 0 heterocycles. The lowest BCUT2D eigenvalue weighted by Gasteiger charge is -2.10. The van der Waals surface area contributed by atoms with Crippen molar-refractivity contribution in [3.63, 3.8) is 0 Å². The van der Waals surface area contributed by atoms with E-state index in [1.807, 2.05) is 19.9 Å². The van der Waals surface area contributed by atoms with E-state index in [1.54, 1.807) is 36.4 Å². The minimum Gasteiger partial charge on any atom is -0.326 e. The quantitative estimate of drug-likeness (QED) is 0.909. The molecular formula is C15H18N2O2S. The van der Waals surface area contributed by atoms with Gasteiger partial charge in [-0.25, -0.2) is 8.42 Å². The summed E-state index contributed by atoms with van der Waals surface area (Å²) in [7, 11) is -3.56. The van der Waals surface area contributed by atoms with E-state index < -0.39 is 10.0 Å². The Hall–Kier alpha value is -1.85. The lowest BCUT2D eigenvalue weighted by molar-refractivity contribution is 0.601. The molecule has 0 aliphatic rings. The van der Waals surface area contributed by atoms with Crippen molar-refractivity contribution in [3.8, 4) is 0 Å². The SMILES string of the molecule is Cc1cc(C)cc(NS(=O)(=O)c2ccc(CN)cc2)c1. The summed E-state index contributed by atoms with van der Waals surface area (Å²) in [5, 5.41) is 0. The molecule has 0 saturated carbocycles. The van der Waals surface area contributed by atoms with Crippen LogP contribution in [0.5, 0.6) is 0 Å². The Morgan fingerprint density at radius 1 is 1.00 bits per heavy atom. The zero-order chi connectivity index (χ0) is 14.8. The van der Waals surface area contributed by atoms with Gasteiger partial charge in [-0.1, -0.05) is 18.2 Å². The van der Waals surface area contributed by atoms with Crippen LogP contribution in [0.25, 0.3) is 0 Å². The molecule has 0 spiro atoms. The first-order valence-corrected chi connectivity index (χ1v) is 7.79. The molecule has 106 valence electrons. The number of nitrogens with one attached hydrogen (secondary N) is 1. The maximum atomic E-state index is 12.3. The fraction of sp³-hybridized carbons (Fsp3) is 0.200. The molecule has 5 heteroatoms. The normalized spacial score (nSPS) is 11.3. The Labute approximate surface area is 119 Å². The lowest BCUT2D eigenvalue weighted by Crippen LogP contribution is -2.13. The van der Waals surface area contributed by atoms with Crippen molar-refractivity contribution < 1.29 is 8.42 Å². The maximum absolute atomic E-state index is 12.3. The fourth-order valence-corrected chi connectivity index (χ4v) is 3.09. The molecule has 0 amide bonds. The van der Waals surface area contributed by atoms with Gasteiger partial charge in [0.25, 0.3) is 10.0 Å². The second kappa shape index (κ2) is 5.64. The third-order valence-electron chi connectivity index (χ3n) is 2.94. The summed E-state index contributed by atoms with van der Waals surface area (Å²) in [6.45, 7) is 4.26. The van der Waals surface area contributed by atoms with Crippen molar-refractivity contribution in [2.45, 2.75) is 25.3 Å². The Bertz CT molecular complexity index is 687. The lowest BCUT2D eigenvalue weighted by atomic mass is 10.1. The molecule has 2 aromatic carbocycles. The summed E-state index contributed by atoms with van der Waals surface area (Å²) in [4.78, 5) is 0.230. The number of hydrogen-bond acceptors (Lipinski definition) is 3. The van der Waals surface area contributed by atoms with Crippen LogP contribution in [0.1, 0.15) is 16.7 Å².